The van der Waals surface area contributed by atoms with Gasteiger partial charge in [0.2, 0.25) is 0 Å². The average molecular weight is 342 g/mol. The molecule has 1 N–H and O–H groups in total. The lowest BCUT2D eigenvalue weighted by Crippen LogP contribution is -2.15. The molecule has 0 saturated carbocycles. The summed E-state index contributed by atoms with van der Waals surface area (Å²) in [6, 6.07) is 8.70. The van der Waals surface area contributed by atoms with Crippen LogP contribution in [0.25, 0.3) is 6.08 Å². The molecular formula is C21H17F3O. The monoisotopic (exact) mass is 342 g/mol. The Morgan fingerprint density at radius 2 is 1.60 bits per heavy atom. The van der Waals surface area contributed by atoms with Crippen LogP contribution >= 0.6 is 0 Å². The van der Waals surface area contributed by atoms with E-state index >= 15 is 0 Å². The van der Waals surface area contributed by atoms with Gasteiger partial charge in [-0.1, -0.05) is 36.1 Å². The Bertz CT molecular complexity index is 880. The number of aryl methyl sites for hydroxylation is 2. The molecule has 25 heavy (non-hydrogen) atoms. The summed E-state index contributed by atoms with van der Waals surface area (Å²) in [6.45, 7) is 3.94. The third-order valence-corrected chi connectivity index (χ3v) is 4.42. The van der Waals surface area contributed by atoms with Crippen molar-refractivity contribution >= 4 is 6.08 Å². The highest BCUT2D eigenvalue weighted by Crippen LogP contribution is 2.36. The molecule has 2 atom stereocenters. The van der Waals surface area contributed by atoms with Crippen LogP contribution in [0.5, 0.6) is 0 Å². The predicted molar refractivity (Wildman–Crippen MR) is 91.7 cm³/mol. The van der Waals surface area contributed by atoms with Crippen LogP contribution in [0.4, 0.5) is 13.2 Å². The topological polar surface area (TPSA) is 20.2 Å². The van der Waals surface area contributed by atoms with E-state index in [1.54, 1.807) is 0 Å². The van der Waals surface area contributed by atoms with Gasteiger partial charge >= 0.3 is 6.18 Å². The molecule has 0 amide bonds. The van der Waals surface area contributed by atoms with Crippen molar-refractivity contribution in [2.75, 3.05) is 0 Å². The van der Waals surface area contributed by atoms with E-state index in [2.05, 4.69) is 11.8 Å². The van der Waals surface area contributed by atoms with Gasteiger partial charge in [0.05, 0.1) is 17.6 Å². The minimum absolute atomic E-state index is 0.393. The van der Waals surface area contributed by atoms with Crippen LogP contribution < -0.4 is 0 Å². The highest BCUT2D eigenvalue weighted by Gasteiger charge is 2.30. The molecule has 4 heteroatoms. The third-order valence-electron chi connectivity index (χ3n) is 4.42. The Labute approximate surface area is 144 Å². The van der Waals surface area contributed by atoms with Crippen LogP contribution in [0.2, 0.25) is 0 Å². The number of benzene rings is 2. The van der Waals surface area contributed by atoms with Crippen LogP contribution in [0, 0.1) is 31.6 Å². The van der Waals surface area contributed by atoms with E-state index in [0.717, 1.165) is 34.4 Å². The van der Waals surface area contributed by atoms with E-state index in [9.17, 15) is 18.3 Å². The number of halogens is 3. The fourth-order valence-corrected chi connectivity index (χ4v) is 2.99. The van der Waals surface area contributed by atoms with Crippen LogP contribution in [0.15, 0.2) is 42.5 Å². The van der Waals surface area contributed by atoms with Gasteiger partial charge in [-0.2, -0.15) is 13.2 Å². The van der Waals surface area contributed by atoms with Gasteiger partial charge < -0.3 is 5.11 Å². The molecule has 1 aliphatic rings. The highest BCUT2D eigenvalue weighted by atomic mass is 19.4. The number of fused-ring (bicyclic) bond motifs is 1. The maximum atomic E-state index is 12.6. The summed E-state index contributed by atoms with van der Waals surface area (Å²) in [7, 11) is 0. The second-order valence-corrected chi connectivity index (χ2v) is 6.20. The van der Waals surface area contributed by atoms with Crippen molar-refractivity contribution in [3.8, 4) is 11.8 Å². The minimum Gasteiger partial charge on any atom is -0.387 e. The second kappa shape index (κ2) is 6.42. The third kappa shape index (κ3) is 3.47. The van der Waals surface area contributed by atoms with E-state index in [-0.39, 0.29) is 0 Å². The number of aliphatic hydroxyl groups excluding tert-OH is 1. The Balaban J connectivity index is 1.86. The zero-order valence-electron chi connectivity index (χ0n) is 13.9. The molecular weight excluding hydrogens is 325 g/mol. The van der Waals surface area contributed by atoms with Crippen molar-refractivity contribution in [2.45, 2.75) is 26.1 Å². The zero-order chi connectivity index (χ0) is 18.2. The molecule has 0 spiro atoms. The number of hydrogen-bond donors (Lipinski definition) is 1. The van der Waals surface area contributed by atoms with Crippen LogP contribution in [0.1, 0.15) is 39.5 Å². The Morgan fingerprint density at radius 3 is 2.24 bits per heavy atom. The molecule has 1 aliphatic carbocycles. The van der Waals surface area contributed by atoms with Crippen molar-refractivity contribution < 1.29 is 18.3 Å². The molecule has 1 nitrogen and oxygen atoms in total. The Hall–Kier alpha value is -2.51. The average Bonchev–Trinajstić information content (AvgIpc) is 2.57. The van der Waals surface area contributed by atoms with E-state index < -0.39 is 23.8 Å². The number of alkyl halides is 3. The normalized spacial score (nSPS) is 19.1. The van der Waals surface area contributed by atoms with Gasteiger partial charge in [0.15, 0.2) is 0 Å². The SMILES string of the molecule is Cc1ccc(C)c2c1C=C[C@@H](C#Cc1ccc(C(F)(F)F)cc1)[C@H]2O. The largest absolute Gasteiger partial charge is 0.416 e. The standard InChI is InChI=1S/C21H17F3O/c1-13-3-4-14(2)19-18(13)12-9-16(20(19)25)8-5-15-6-10-17(11-7-15)21(22,23)24/h3-4,6-7,9-12,16,20,25H,1-2H3/t16-,20-/m1/s1. The summed E-state index contributed by atoms with van der Waals surface area (Å²) in [5.41, 5.74) is 3.76. The van der Waals surface area contributed by atoms with Crippen LogP contribution in [-0.4, -0.2) is 5.11 Å². The molecule has 3 rings (SSSR count). The quantitative estimate of drug-likeness (QED) is 0.664. The van der Waals surface area contributed by atoms with Crippen molar-refractivity contribution in [1.82, 2.24) is 0 Å². The summed E-state index contributed by atoms with van der Waals surface area (Å²) in [5, 5.41) is 10.7. The van der Waals surface area contributed by atoms with E-state index in [4.69, 9.17) is 0 Å². The smallest absolute Gasteiger partial charge is 0.387 e. The zero-order valence-corrected chi connectivity index (χ0v) is 13.9. The lowest BCUT2D eigenvalue weighted by molar-refractivity contribution is -0.137. The Morgan fingerprint density at radius 1 is 0.960 bits per heavy atom. The molecule has 0 heterocycles. The van der Waals surface area contributed by atoms with Gasteiger partial charge in [0.1, 0.15) is 0 Å². The maximum absolute atomic E-state index is 12.6. The highest BCUT2D eigenvalue weighted by molar-refractivity contribution is 5.64. The summed E-state index contributed by atoms with van der Waals surface area (Å²) in [5.74, 6) is 5.43. The van der Waals surface area contributed by atoms with Crippen LogP contribution in [0.3, 0.4) is 0 Å². The van der Waals surface area contributed by atoms with E-state index in [1.165, 1.54) is 12.1 Å². The molecule has 0 aliphatic heterocycles. The lowest BCUT2D eigenvalue weighted by atomic mass is 9.82. The van der Waals surface area contributed by atoms with Gasteiger partial charge in [-0.05, 0) is 60.4 Å². The number of rotatable bonds is 0. The van der Waals surface area contributed by atoms with Crippen LogP contribution in [-0.2, 0) is 6.18 Å². The molecule has 0 unspecified atom stereocenters. The van der Waals surface area contributed by atoms with Gasteiger partial charge in [-0.3, -0.25) is 0 Å². The Kier molecular flexibility index (Phi) is 4.45. The summed E-state index contributed by atoms with van der Waals surface area (Å²) >= 11 is 0. The lowest BCUT2D eigenvalue weighted by Gasteiger charge is -2.25. The fourth-order valence-electron chi connectivity index (χ4n) is 2.99. The maximum Gasteiger partial charge on any atom is 0.416 e. The number of aliphatic hydroxyl groups is 1. The van der Waals surface area contributed by atoms with E-state index in [0.29, 0.717) is 5.56 Å². The first-order valence-electron chi connectivity index (χ1n) is 7.92. The van der Waals surface area contributed by atoms with E-state index in [1.807, 2.05) is 38.1 Å². The molecule has 0 fully saturated rings. The first-order valence-corrected chi connectivity index (χ1v) is 7.92. The molecule has 0 radical (unpaired) electrons. The molecule has 0 aromatic heterocycles. The molecule has 0 bridgehead atoms. The molecule has 0 saturated heterocycles. The second-order valence-electron chi connectivity index (χ2n) is 6.20. The van der Waals surface area contributed by atoms with Crippen molar-refractivity contribution in [2.24, 2.45) is 5.92 Å². The summed E-state index contributed by atoms with van der Waals surface area (Å²) < 4.78 is 37.7. The predicted octanol–water partition coefficient (Wildman–Crippen LogP) is 5.05. The van der Waals surface area contributed by atoms with Gasteiger partial charge in [0.25, 0.3) is 0 Å². The van der Waals surface area contributed by atoms with Crippen molar-refractivity contribution in [3.05, 3.63) is 75.9 Å². The molecule has 2 aromatic rings. The van der Waals surface area contributed by atoms with Crippen molar-refractivity contribution in [3.63, 3.8) is 0 Å². The molecule has 128 valence electrons. The van der Waals surface area contributed by atoms with Gasteiger partial charge in [-0.15, -0.1) is 0 Å². The van der Waals surface area contributed by atoms with Gasteiger partial charge in [-0.25, -0.2) is 0 Å². The van der Waals surface area contributed by atoms with Crippen molar-refractivity contribution in [1.29, 1.82) is 0 Å². The minimum atomic E-state index is -4.35. The van der Waals surface area contributed by atoms with Gasteiger partial charge in [0, 0.05) is 5.56 Å². The first kappa shape index (κ1) is 17.3. The molecule has 2 aromatic carbocycles. The summed E-state index contributed by atoms with van der Waals surface area (Å²) in [6.07, 6.45) is -1.30. The number of hydrogen-bond acceptors (Lipinski definition) is 1. The first-order chi connectivity index (χ1) is 11.8. The fraction of sp³-hybridized carbons (Fsp3) is 0.238. The summed E-state index contributed by atoms with van der Waals surface area (Å²) in [4.78, 5) is 0.